The number of hydrogen-bond acceptors (Lipinski definition) is 3. The van der Waals surface area contributed by atoms with Crippen molar-refractivity contribution in [3.05, 3.63) is 42.2 Å². The predicted octanol–water partition coefficient (Wildman–Crippen LogP) is 1.10. The molecule has 4 N–H and O–H groups in total. The summed E-state index contributed by atoms with van der Waals surface area (Å²) in [6.45, 7) is 0.697. The van der Waals surface area contributed by atoms with Crippen molar-refractivity contribution in [3.8, 4) is 0 Å². The molecule has 2 aromatic rings. The highest BCUT2D eigenvalue weighted by atomic mass is 15.3. The van der Waals surface area contributed by atoms with Crippen LogP contribution in [0.4, 0.5) is 11.4 Å². The van der Waals surface area contributed by atoms with Crippen LogP contribution in [-0.4, -0.2) is 9.78 Å². The first-order valence-electron chi connectivity index (χ1n) is 4.36. The highest BCUT2D eigenvalue weighted by Crippen LogP contribution is 2.08. The summed E-state index contributed by atoms with van der Waals surface area (Å²) < 4.78 is 1.78. The van der Waals surface area contributed by atoms with E-state index < -0.39 is 0 Å². The van der Waals surface area contributed by atoms with E-state index in [0.29, 0.717) is 12.2 Å². The van der Waals surface area contributed by atoms with Crippen LogP contribution < -0.4 is 11.5 Å². The Bertz CT molecular complexity index is 433. The molecule has 0 spiro atoms. The summed E-state index contributed by atoms with van der Waals surface area (Å²) in [7, 11) is 0. The molecule has 0 unspecified atom stereocenters. The molecule has 0 aliphatic rings. The lowest BCUT2D eigenvalue weighted by Crippen LogP contribution is -2.00. The Hall–Kier alpha value is -1.97. The van der Waals surface area contributed by atoms with Crippen molar-refractivity contribution in [2.24, 2.45) is 0 Å². The zero-order valence-corrected chi connectivity index (χ0v) is 7.72. The molecule has 4 nitrogen and oxygen atoms in total. The number of rotatable bonds is 2. The smallest absolute Gasteiger partial charge is 0.0719 e. The number of benzene rings is 1. The van der Waals surface area contributed by atoms with Crippen molar-refractivity contribution in [3.63, 3.8) is 0 Å². The number of nitrogens with zero attached hydrogens (tertiary/aromatic N) is 2. The Morgan fingerprint density at radius 2 is 2.07 bits per heavy atom. The largest absolute Gasteiger partial charge is 0.399 e. The maximum absolute atomic E-state index is 5.66. The number of nitrogens with two attached hydrogens (primary N) is 2. The molecule has 0 bridgehead atoms. The molecule has 1 aromatic carbocycles. The summed E-state index contributed by atoms with van der Waals surface area (Å²) >= 11 is 0. The maximum Gasteiger partial charge on any atom is 0.0719 e. The molecule has 0 fully saturated rings. The molecule has 0 aliphatic heterocycles. The van der Waals surface area contributed by atoms with E-state index in [-0.39, 0.29) is 0 Å². The third kappa shape index (κ3) is 1.85. The SMILES string of the molecule is Nc1cccc(Cn2cc(N)cn2)c1. The standard InChI is InChI=1S/C10H12N4/c11-9-3-1-2-8(4-9)6-14-7-10(12)5-13-14/h1-5,7H,6,11-12H2. The summed E-state index contributed by atoms with van der Waals surface area (Å²) in [6, 6.07) is 7.73. The summed E-state index contributed by atoms with van der Waals surface area (Å²) in [5, 5.41) is 4.09. The molecule has 0 aliphatic carbocycles. The van der Waals surface area contributed by atoms with Crippen LogP contribution in [0.2, 0.25) is 0 Å². The monoisotopic (exact) mass is 188 g/mol. The Morgan fingerprint density at radius 3 is 2.71 bits per heavy atom. The number of hydrogen-bond donors (Lipinski definition) is 2. The molecule has 1 aromatic heterocycles. The quantitative estimate of drug-likeness (QED) is 0.693. The van der Waals surface area contributed by atoms with E-state index in [0.717, 1.165) is 11.3 Å². The van der Waals surface area contributed by atoms with E-state index in [1.54, 1.807) is 17.1 Å². The van der Waals surface area contributed by atoms with Crippen LogP contribution in [0.5, 0.6) is 0 Å². The average Bonchev–Trinajstić information content (AvgIpc) is 2.51. The molecule has 14 heavy (non-hydrogen) atoms. The molecule has 4 heteroatoms. The predicted molar refractivity (Wildman–Crippen MR) is 56.6 cm³/mol. The molecule has 0 amide bonds. The molecular weight excluding hydrogens is 176 g/mol. The molecule has 0 saturated carbocycles. The van der Waals surface area contributed by atoms with Crippen LogP contribution in [0.25, 0.3) is 0 Å². The van der Waals surface area contributed by atoms with Gasteiger partial charge in [0.05, 0.1) is 18.4 Å². The fourth-order valence-electron chi connectivity index (χ4n) is 1.34. The highest BCUT2D eigenvalue weighted by molar-refractivity contribution is 5.40. The third-order valence-corrected chi connectivity index (χ3v) is 1.95. The molecule has 1 heterocycles. The van der Waals surface area contributed by atoms with Gasteiger partial charge < -0.3 is 11.5 Å². The molecule has 72 valence electrons. The molecular formula is C10H12N4. The van der Waals surface area contributed by atoms with Crippen molar-refractivity contribution in [1.82, 2.24) is 9.78 Å². The summed E-state index contributed by atoms with van der Waals surface area (Å²) in [5.74, 6) is 0. The summed E-state index contributed by atoms with van der Waals surface area (Å²) in [4.78, 5) is 0. The van der Waals surface area contributed by atoms with Crippen molar-refractivity contribution < 1.29 is 0 Å². The van der Waals surface area contributed by atoms with Gasteiger partial charge in [0.25, 0.3) is 0 Å². The van der Waals surface area contributed by atoms with Crippen LogP contribution in [0, 0.1) is 0 Å². The topological polar surface area (TPSA) is 69.9 Å². The second-order valence-corrected chi connectivity index (χ2v) is 3.22. The van der Waals surface area contributed by atoms with Crippen molar-refractivity contribution in [2.75, 3.05) is 11.5 Å². The number of anilines is 2. The zero-order valence-electron chi connectivity index (χ0n) is 7.72. The van der Waals surface area contributed by atoms with Crippen LogP contribution in [0.1, 0.15) is 5.56 Å². The fraction of sp³-hybridized carbons (Fsp3) is 0.100. The molecule has 2 rings (SSSR count). The van der Waals surface area contributed by atoms with Gasteiger partial charge in [-0.15, -0.1) is 0 Å². The second kappa shape index (κ2) is 3.41. The Labute approximate surface area is 82.1 Å². The average molecular weight is 188 g/mol. The minimum atomic E-state index is 0.675. The Kier molecular flexibility index (Phi) is 2.10. The molecule has 0 saturated heterocycles. The van der Waals surface area contributed by atoms with Gasteiger partial charge in [0, 0.05) is 11.9 Å². The third-order valence-electron chi connectivity index (χ3n) is 1.95. The normalized spacial score (nSPS) is 10.3. The van der Waals surface area contributed by atoms with E-state index >= 15 is 0 Å². The van der Waals surface area contributed by atoms with Crippen LogP contribution in [0.3, 0.4) is 0 Å². The lowest BCUT2D eigenvalue weighted by molar-refractivity contribution is 0.687. The van der Waals surface area contributed by atoms with Crippen molar-refractivity contribution >= 4 is 11.4 Å². The van der Waals surface area contributed by atoms with Gasteiger partial charge in [0.2, 0.25) is 0 Å². The van der Waals surface area contributed by atoms with Gasteiger partial charge in [-0.05, 0) is 17.7 Å². The van der Waals surface area contributed by atoms with Gasteiger partial charge in [-0.2, -0.15) is 5.10 Å². The fourth-order valence-corrected chi connectivity index (χ4v) is 1.34. The van der Waals surface area contributed by atoms with E-state index in [2.05, 4.69) is 5.10 Å². The summed E-state index contributed by atoms with van der Waals surface area (Å²) in [6.07, 6.45) is 3.43. The minimum absolute atomic E-state index is 0.675. The van der Waals surface area contributed by atoms with Gasteiger partial charge in [-0.1, -0.05) is 12.1 Å². The minimum Gasteiger partial charge on any atom is -0.399 e. The van der Waals surface area contributed by atoms with E-state index in [9.17, 15) is 0 Å². The number of aromatic nitrogens is 2. The van der Waals surface area contributed by atoms with Gasteiger partial charge >= 0.3 is 0 Å². The summed E-state index contributed by atoms with van der Waals surface area (Å²) in [5.41, 5.74) is 13.8. The zero-order chi connectivity index (χ0) is 9.97. The van der Waals surface area contributed by atoms with E-state index in [1.165, 1.54) is 0 Å². The van der Waals surface area contributed by atoms with Gasteiger partial charge in [-0.25, -0.2) is 0 Å². The highest BCUT2D eigenvalue weighted by Gasteiger charge is 1.97. The second-order valence-electron chi connectivity index (χ2n) is 3.22. The Balaban J connectivity index is 2.18. The first-order valence-corrected chi connectivity index (χ1v) is 4.36. The lowest BCUT2D eigenvalue weighted by Gasteiger charge is -2.02. The van der Waals surface area contributed by atoms with Gasteiger partial charge in [0.15, 0.2) is 0 Å². The first-order chi connectivity index (χ1) is 6.74. The van der Waals surface area contributed by atoms with Crippen LogP contribution in [0.15, 0.2) is 36.7 Å². The maximum atomic E-state index is 5.66. The lowest BCUT2D eigenvalue weighted by atomic mass is 10.2. The van der Waals surface area contributed by atoms with Gasteiger partial charge in [-0.3, -0.25) is 4.68 Å². The molecule has 0 atom stereocenters. The van der Waals surface area contributed by atoms with Crippen molar-refractivity contribution in [2.45, 2.75) is 6.54 Å². The van der Waals surface area contributed by atoms with Crippen LogP contribution >= 0.6 is 0 Å². The first kappa shape index (κ1) is 8.62. The number of nitrogen functional groups attached to an aromatic ring is 2. The van der Waals surface area contributed by atoms with Gasteiger partial charge in [0.1, 0.15) is 0 Å². The van der Waals surface area contributed by atoms with E-state index in [1.807, 2.05) is 24.3 Å². The Morgan fingerprint density at radius 1 is 1.21 bits per heavy atom. The van der Waals surface area contributed by atoms with Crippen molar-refractivity contribution in [1.29, 1.82) is 0 Å². The molecule has 0 radical (unpaired) electrons. The van der Waals surface area contributed by atoms with E-state index in [4.69, 9.17) is 11.5 Å². The van der Waals surface area contributed by atoms with Crippen LogP contribution in [-0.2, 0) is 6.54 Å².